The average Bonchev–Trinajstić information content (AvgIpc) is 2.12. The number of hydrogen-bond acceptors (Lipinski definition) is 2. The molecule has 0 saturated carbocycles. The van der Waals surface area contributed by atoms with Gasteiger partial charge in [-0.1, -0.05) is 20.4 Å². The molecule has 0 unspecified atom stereocenters. The van der Waals surface area contributed by atoms with Gasteiger partial charge >= 0.3 is 0 Å². The molecule has 0 aromatic rings. The van der Waals surface area contributed by atoms with Crippen molar-refractivity contribution in [2.75, 3.05) is 13.1 Å². The quantitative estimate of drug-likeness (QED) is 0.498. The molecule has 0 fully saturated rings. The van der Waals surface area contributed by atoms with Crippen molar-refractivity contribution in [2.45, 2.75) is 40.7 Å². The third kappa shape index (κ3) is 3.14. The Labute approximate surface area is 87.4 Å². The maximum Gasteiger partial charge on any atom is 0.263 e. The van der Waals surface area contributed by atoms with E-state index < -0.39 is 0 Å². The summed E-state index contributed by atoms with van der Waals surface area (Å²) < 4.78 is 0. The fourth-order valence-electron chi connectivity index (χ4n) is 1.41. The molecular weight excluding hydrogens is 176 g/mol. The largest absolute Gasteiger partial charge is 0.269 e. The summed E-state index contributed by atoms with van der Waals surface area (Å²) in [5.41, 5.74) is 0.589. The third-order valence-electron chi connectivity index (χ3n) is 2.10. The zero-order chi connectivity index (χ0) is 11.3. The molecule has 0 rings (SSSR count). The number of hydrazine groups is 1. The van der Waals surface area contributed by atoms with Gasteiger partial charge in [0.15, 0.2) is 0 Å². The summed E-state index contributed by atoms with van der Waals surface area (Å²) in [5, 5.41) is 3.81. The van der Waals surface area contributed by atoms with E-state index in [2.05, 4.69) is 6.58 Å². The van der Waals surface area contributed by atoms with Crippen LogP contribution in [0.15, 0.2) is 12.2 Å². The summed E-state index contributed by atoms with van der Waals surface area (Å²) in [5.74, 6) is 0.0173. The number of carbonyl (C=O) groups excluding carboxylic acids is 1. The second-order valence-electron chi connectivity index (χ2n) is 3.66. The topological polar surface area (TPSA) is 23.6 Å². The maximum atomic E-state index is 11.8. The number of hydrogen-bond donors (Lipinski definition) is 0. The minimum Gasteiger partial charge on any atom is -0.269 e. The van der Waals surface area contributed by atoms with Crippen molar-refractivity contribution in [3.63, 3.8) is 0 Å². The van der Waals surface area contributed by atoms with E-state index in [4.69, 9.17) is 0 Å². The van der Waals surface area contributed by atoms with E-state index in [0.29, 0.717) is 5.57 Å². The predicted octanol–water partition coefficient (Wildman–Crippen LogP) is 2.06. The van der Waals surface area contributed by atoms with E-state index in [1.54, 1.807) is 11.9 Å². The lowest BCUT2D eigenvalue weighted by atomic mass is 10.2. The van der Waals surface area contributed by atoms with E-state index >= 15 is 0 Å². The van der Waals surface area contributed by atoms with Gasteiger partial charge in [0.05, 0.1) is 0 Å². The lowest BCUT2D eigenvalue weighted by Crippen LogP contribution is -2.50. The van der Waals surface area contributed by atoms with E-state index in [9.17, 15) is 4.79 Å². The first-order chi connectivity index (χ1) is 6.45. The van der Waals surface area contributed by atoms with Crippen LogP contribution in [0.25, 0.3) is 0 Å². The first-order valence-electron chi connectivity index (χ1n) is 5.19. The first-order valence-corrected chi connectivity index (χ1v) is 5.19. The van der Waals surface area contributed by atoms with Crippen LogP contribution in [0.5, 0.6) is 0 Å². The molecule has 14 heavy (non-hydrogen) atoms. The number of rotatable bonds is 5. The smallest absolute Gasteiger partial charge is 0.263 e. The Morgan fingerprint density at radius 3 is 1.93 bits per heavy atom. The van der Waals surface area contributed by atoms with E-state index in [1.807, 2.05) is 32.7 Å². The highest BCUT2D eigenvalue weighted by Crippen LogP contribution is 2.08. The van der Waals surface area contributed by atoms with Gasteiger partial charge in [0.25, 0.3) is 5.91 Å². The Kier molecular flexibility index (Phi) is 5.46. The maximum absolute atomic E-state index is 11.8. The molecule has 0 aliphatic heterocycles. The summed E-state index contributed by atoms with van der Waals surface area (Å²) in [7, 11) is 0. The Morgan fingerprint density at radius 2 is 1.71 bits per heavy atom. The summed E-state index contributed by atoms with van der Waals surface area (Å²) >= 11 is 0. The van der Waals surface area contributed by atoms with Crippen LogP contribution in [-0.4, -0.2) is 35.1 Å². The van der Waals surface area contributed by atoms with Crippen molar-refractivity contribution < 1.29 is 4.79 Å². The Bertz CT molecular complexity index is 207. The zero-order valence-corrected chi connectivity index (χ0v) is 10.0. The molecular formula is C11H22N2O. The second-order valence-corrected chi connectivity index (χ2v) is 3.66. The van der Waals surface area contributed by atoms with Crippen LogP contribution in [0.3, 0.4) is 0 Å². The fraction of sp³-hybridized carbons (Fsp3) is 0.727. The third-order valence-corrected chi connectivity index (χ3v) is 2.10. The zero-order valence-electron chi connectivity index (χ0n) is 10.0. The minimum absolute atomic E-state index is 0.0173. The molecule has 0 saturated heterocycles. The normalized spacial score (nSPS) is 10.8. The molecule has 0 aromatic heterocycles. The van der Waals surface area contributed by atoms with Crippen molar-refractivity contribution in [1.29, 1.82) is 0 Å². The molecule has 0 spiro atoms. The summed E-state index contributed by atoms with van der Waals surface area (Å²) in [6.45, 7) is 15.2. The lowest BCUT2D eigenvalue weighted by molar-refractivity contribution is -0.148. The highest BCUT2D eigenvalue weighted by Gasteiger charge is 2.22. The Morgan fingerprint density at radius 1 is 1.29 bits per heavy atom. The molecule has 3 heteroatoms. The molecule has 0 radical (unpaired) electrons. The highest BCUT2D eigenvalue weighted by atomic mass is 16.2. The molecule has 0 heterocycles. The number of carbonyl (C=O) groups is 1. The molecule has 0 aromatic carbocycles. The van der Waals surface area contributed by atoms with Crippen LogP contribution in [0.1, 0.15) is 34.6 Å². The first kappa shape index (κ1) is 13.2. The molecule has 3 nitrogen and oxygen atoms in total. The number of amides is 1. The van der Waals surface area contributed by atoms with Crippen molar-refractivity contribution >= 4 is 5.91 Å². The van der Waals surface area contributed by atoms with Crippen LogP contribution < -0.4 is 0 Å². The summed E-state index contributed by atoms with van der Waals surface area (Å²) in [6, 6.07) is 0.180. The van der Waals surface area contributed by atoms with Gasteiger partial charge in [-0.25, -0.2) is 5.01 Å². The summed E-state index contributed by atoms with van der Waals surface area (Å²) in [4.78, 5) is 11.8. The van der Waals surface area contributed by atoms with Crippen LogP contribution >= 0.6 is 0 Å². The molecule has 0 atom stereocenters. The van der Waals surface area contributed by atoms with E-state index in [1.165, 1.54) is 0 Å². The molecule has 1 amide bonds. The van der Waals surface area contributed by atoms with Gasteiger partial charge in [0.1, 0.15) is 0 Å². The average molecular weight is 198 g/mol. The van der Waals surface area contributed by atoms with Gasteiger partial charge in [0, 0.05) is 24.7 Å². The van der Waals surface area contributed by atoms with Gasteiger partial charge in [-0.2, -0.15) is 0 Å². The van der Waals surface area contributed by atoms with Crippen molar-refractivity contribution in [1.82, 2.24) is 10.0 Å². The van der Waals surface area contributed by atoms with Crippen LogP contribution in [0.2, 0.25) is 0 Å². The van der Waals surface area contributed by atoms with Gasteiger partial charge < -0.3 is 0 Å². The Hall–Kier alpha value is -0.830. The van der Waals surface area contributed by atoms with Gasteiger partial charge in [-0.15, -0.1) is 0 Å². The van der Waals surface area contributed by atoms with E-state index in [0.717, 1.165) is 13.1 Å². The second kappa shape index (κ2) is 5.81. The van der Waals surface area contributed by atoms with Crippen LogP contribution in [0.4, 0.5) is 0 Å². The molecule has 82 valence electrons. The van der Waals surface area contributed by atoms with E-state index in [-0.39, 0.29) is 11.9 Å². The monoisotopic (exact) mass is 198 g/mol. The standard InChI is InChI=1S/C11H22N2O/c1-7-12(8-2)13(10(5)6)11(14)9(3)4/h10H,3,7-8H2,1-2,4-6H3. The van der Waals surface area contributed by atoms with Crippen molar-refractivity contribution in [3.05, 3.63) is 12.2 Å². The van der Waals surface area contributed by atoms with Gasteiger partial charge in [-0.3, -0.25) is 9.80 Å². The molecule has 0 aliphatic carbocycles. The van der Waals surface area contributed by atoms with Crippen molar-refractivity contribution in [3.8, 4) is 0 Å². The van der Waals surface area contributed by atoms with Gasteiger partial charge in [-0.05, 0) is 20.8 Å². The van der Waals surface area contributed by atoms with Crippen molar-refractivity contribution in [2.24, 2.45) is 0 Å². The lowest BCUT2D eigenvalue weighted by Gasteiger charge is -2.36. The minimum atomic E-state index is 0.0173. The summed E-state index contributed by atoms with van der Waals surface area (Å²) in [6.07, 6.45) is 0. The molecule has 0 N–H and O–H groups in total. The SMILES string of the molecule is C=C(C)C(=O)N(C(C)C)N(CC)CC. The number of nitrogens with zero attached hydrogens (tertiary/aromatic N) is 2. The Balaban J connectivity index is 4.74. The van der Waals surface area contributed by atoms with Crippen LogP contribution in [-0.2, 0) is 4.79 Å². The van der Waals surface area contributed by atoms with Gasteiger partial charge in [0.2, 0.25) is 0 Å². The highest BCUT2D eigenvalue weighted by molar-refractivity contribution is 5.92. The fourth-order valence-corrected chi connectivity index (χ4v) is 1.41. The predicted molar refractivity (Wildman–Crippen MR) is 59.7 cm³/mol. The molecule has 0 aliphatic rings. The van der Waals surface area contributed by atoms with Crippen LogP contribution in [0, 0.1) is 0 Å². The molecule has 0 bridgehead atoms.